The summed E-state index contributed by atoms with van der Waals surface area (Å²) in [5.74, 6) is 0. The quantitative estimate of drug-likeness (QED) is 0.923. The van der Waals surface area contributed by atoms with Gasteiger partial charge >= 0.3 is 0 Å². The minimum absolute atomic E-state index is 0.619. The number of hydrogen-bond donors (Lipinski definition) is 1. The molecule has 1 aliphatic rings. The van der Waals surface area contributed by atoms with Gasteiger partial charge in [0.1, 0.15) is 0 Å². The van der Waals surface area contributed by atoms with Crippen LogP contribution in [0.25, 0.3) is 0 Å². The van der Waals surface area contributed by atoms with Gasteiger partial charge in [-0.05, 0) is 22.0 Å². The molecule has 1 saturated heterocycles. The number of nitrogens with two attached hydrogens (primary N) is 1. The van der Waals surface area contributed by atoms with Crippen molar-refractivity contribution < 1.29 is 4.74 Å². The van der Waals surface area contributed by atoms with Crippen molar-refractivity contribution in [1.29, 1.82) is 0 Å². The molecule has 0 saturated carbocycles. The van der Waals surface area contributed by atoms with Crippen molar-refractivity contribution in [1.82, 2.24) is 4.90 Å². The van der Waals surface area contributed by atoms with Gasteiger partial charge in [-0.25, -0.2) is 0 Å². The first kappa shape index (κ1) is 11.5. The van der Waals surface area contributed by atoms with E-state index in [1.165, 1.54) is 9.75 Å². The number of nitrogens with zero attached hydrogens (tertiary/aromatic N) is 1. The van der Waals surface area contributed by atoms with E-state index in [-0.39, 0.29) is 0 Å². The van der Waals surface area contributed by atoms with Crippen LogP contribution in [0.1, 0.15) is 9.75 Å². The van der Waals surface area contributed by atoms with E-state index in [9.17, 15) is 0 Å². The molecule has 2 heterocycles. The van der Waals surface area contributed by atoms with Gasteiger partial charge in [-0.2, -0.15) is 0 Å². The summed E-state index contributed by atoms with van der Waals surface area (Å²) in [6.45, 7) is 5.43. The summed E-state index contributed by atoms with van der Waals surface area (Å²) in [5.41, 5.74) is 5.64. The van der Waals surface area contributed by atoms with Crippen molar-refractivity contribution in [3.8, 4) is 0 Å². The SMILES string of the molecule is NCc1sc(CN2CCOCC2)cc1Br. The molecule has 0 spiro atoms. The number of ether oxygens (including phenoxy) is 1. The van der Waals surface area contributed by atoms with Gasteiger partial charge < -0.3 is 10.5 Å². The van der Waals surface area contributed by atoms with E-state index in [4.69, 9.17) is 10.5 Å². The fourth-order valence-electron chi connectivity index (χ4n) is 1.66. The minimum atomic E-state index is 0.619. The Morgan fingerprint density at radius 1 is 1.47 bits per heavy atom. The molecule has 84 valence electrons. The van der Waals surface area contributed by atoms with Crippen LogP contribution in [0.4, 0.5) is 0 Å². The largest absolute Gasteiger partial charge is 0.379 e. The van der Waals surface area contributed by atoms with Crippen LogP contribution in [-0.4, -0.2) is 31.2 Å². The summed E-state index contributed by atoms with van der Waals surface area (Å²) < 4.78 is 6.47. The summed E-state index contributed by atoms with van der Waals surface area (Å²) in [4.78, 5) is 5.03. The van der Waals surface area contributed by atoms with Crippen LogP contribution in [-0.2, 0) is 17.8 Å². The molecule has 2 N–H and O–H groups in total. The van der Waals surface area contributed by atoms with Crippen molar-refractivity contribution in [2.24, 2.45) is 5.73 Å². The maximum absolute atomic E-state index is 5.64. The Hall–Kier alpha value is 0.0600. The third kappa shape index (κ3) is 3.01. The highest BCUT2D eigenvalue weighted by atomic mass is 79.9. The van der Waals surface area contributed by atoms with Crippen molar-refractivity contribution in [2.75, 3.05) is 26.3 Å². The fraction of sp³-hybridized carbons (Fsp3) is 0.600. The standard InChI is InChI=1S/C10H15BrN2OS/c11-9-5-8(15-10(9)6-12)7-13-1-3-14-4-2-13/h5H,1-4,6-7,12H2. The van der Waals surface area contributed by atoms with Gasteiger partial charge in [-0.3, -0.25) is 4.90 Å². The van der Waals surface area contributed by atoms with Gasteiger partial charge in [0, 0.05) is 40.4 Å². The Morgan fingerprint density at radius 2 is 2.20 bits per heavy atom. The van der Waals surface area contributed by atoms with Gasteiger partial charge in [0.2, 0.25) is 0 Å². The maximum Gasteiger partial charge on any atom is 0.0594 e. The number of rotatable bonds is 3. The molecule has 2 rings (SSSR count). The van der Waals surface area contributed by atoms with Crippen molar-refractivity contribution in [2.45, 2.75) is 13.1 Å². The Labute approximate surface area is 102 Å². The van der Waals surface area contributed by atoms with E-state index in [1.54, 1.807) is 11.3 Å². The second kappa shape index (κ2) is 5.41. The van der Waals surface area contributed by atoms with Crippen molar-refractivity contribution in [3.63, 3.8) is 0 Å². The second-order valence-electron chi connectivity index (χ2n) is 3.58. The van der Waals surface area contributed by atoms with Crippen LogP contribution in [0, 0.1) is 0 Å². The van der Waals surface area contributed by atoms with Gasteiger partial charge in [0.05, 0.1) is 13.2 Å². The number of hydrogen-bond acceptors (Lipinski definition) is 4. The van der Waals surface area contributed by atoms with Gasteiger partial charge in [0.25, 0.3) is 0 Å². The number of halogens is 1. The van der Waals surface area contributed by atoms with Gasteiger partial charge in [0.15, 0.2) is 0 Å². The van der Waals surface area contributed by atoms with Crippen LogP contribution in [0.15, 0.2) is 10.5 Å². The zero-order valence-electron chi connectivity index (χ0n) is 8.54. The molecule has 15 heavy (non-hydrogen) atoms. The summed E-state index contributed by atoms with van der Waals surface area (Å²) in [5, 5.41) is 0. The predicted molar refractivity (Wildman–Crippen MR) is 66.0 cm³/mol. The lowest BCUT2D eigenvalue weighted by molar-refractivity contribution is 0.0346. The molecule has 5 heteroatoms. The molecule has 0 bridgehead atoms. The zero-order valence-corrected chi connectivity index (χ0v) is 10.9. The Morgan fingerprint density at radius 3 is 2.80 bits per heavy atom. The lowest BCUT2D eigenvalue weighted by atomic mass is 10.3. The van der Waals surface area contributed by atoms with Crippen LogP contribution < -0.4 is 5.73 Å². The molecule has 1 aromatic rings. The maximum atomic E-state index is 5.64. The van der Waals surface area contributed by atoms with Crippen molar-refractivity contribution in [3.05, 3.63) is 20.3 Å². The first-order chi connectivity index (χ1) is 7.29. The number of morpholine rings is 1. The zero-order chi connectivity index (χ0) is 10.7. The molecule has 1 fully saturated rings. The molecular weight excluding hydrogens is 276 g/mol. The smallest absolute Gasteiger partial charge is 0.0594 e. The predicted octanol–water partition coefficient (Wildman–Crippen LogP) is 1.80. The van der Waals surface area contributed by atoms with E-state index in [0.29, 0.717) is 6.54 Å². The third-order valence-corrected chi connectivity index (χ3v) is 4.59. The monoisotopic (exact) mass is 290 g/mol. The lowest BCUT2D eigenvalue weighted by Gasteiger charge is -2.25. The summed E-state index contributed by atoms with van der Waals surface area (Å²) in [7, 11) is 0. The third-order valence-electron chi connectivity index (χ3n) is 2.48. The average Bonchev–Trinajstić information content (AvgIpc) is 2.60. The molecule has 1 aliphatic heterocycles. The van der Waals surface area contributed by atoms with E-state index in [2.05, 4.69) is 26.9 Å². The first-order valence-corrected chi connectivity index (χ1v) is 6.68. The lowest BCUT2D eigenvalue weighted by Crippen LogP contribution is -2.35. The normalized spacial score (nSPS) is 18.3. The molecule has 0 atom stereocenters. The summed E-state index contributed by atoms with van der Waals surface area (Å²) >= 11 is 5.33. The summed E-state index contributed by atoms with van der Waals surface area (Å²) in [6, 6.07) is 2.18. The van der Waals surface area contributed by atoms with Gasteiger partial charge in [-0.1, -0.05) is 0 Å². The minimum Gasteiger partial charge on any atom is -0.379 e. The molecule has 0 unspecified atom stereocenters. The Kier molecular flexibility index (Phi) is 4.16. The second-order valence-corrected chi connectivity index (χ2v) is 5.65. The van der Waals surface area contributed by atoms with Crippen LogP contribution in [0.3, 0.4) is 0 Å². The van der Waals surface area contributed by atoms with Crippen LogP contribution in [0.2, 0.25) is 0 Å². The highest BCUT2D eigenvalue weighted by Crippen LogP contribution is 2.27. The van der Waals surface area contributed by atoms with Crippen LogP contribution >= 0.6 is 27.3 Å². The summed E-state index contributed by atoms with van der Waals surface area (Å²) in [6.07, 6.45) is 0. The molecule has 0 amide bonds. The van der Waals surface area contributed by atoms with Gasteiger partial charge in [-0.15, -0.1) is 11.3 Å². The number of thiophene rings is 1. The first-order valence-electron chi connectivity index (χ1n) is 5.07. The molecule has 0 radical (unpaired) electrons. The van der Waals surface area contributed by atoms with E-state index < -0.39 is 0 Å². The topological polar surface area (TPSA) is 38.5 Å². The van der Waals surface area contributed by atoms with Crippen LogP contribution in [0.5, 0.6) is 0 Å². The highest BCUT2D eigenvalue weighted by Gasteiger charge is 2.13. The molecule has 0 aliphatic carbocycles. The molecule has 3 nitrogen and oxygen atoms in total. The van der Waals surface area contributed by atoms with E-state index in [1.807, 2.05) is 0 Å². The molecular formula is C10H15BrN2OS. The average molecular weight is 291 g/mol. The molecule has 0 aromatic carbocycles. The van der Waals surface area contributed by atoms with E-state index in [0.717, 1.165) is 37.3 Å². The molecule has 1 aromatic heterocycles. The Balaban J connectivity index is 1.97. The Bertz CT molecular complexity index is 323. The fourth-order valence-corrected chi connectivity index (χ4v) is 3.47. The van der Waals surface area contributed by atoms with Crippen molar-refractivity contribution >= 4 is 27.3 Å². The highest BCUT2D eigenvalue weighted by molar-refractivity contribution is 9.10. The van der Waals surface area contributed by atoms with E-state index >= 15 is 0 Å².